The summed E-state index contributed by atoms with van der Waals surface area (Å²) in [4.78, 5) is 4.63. The Kier molecular flexibility index (Phi) is 5.20. The SMILES string of the molecule is CCc1cccc(NC(=S)NCCc2nc3ccccc3s2)c1. The summed E-state index contributed by atoms with van der Waals surface area (Å²) in [5, 5.41) is 8.27. The van der Waals surface area contributed by atoms with E-state index >= 15 is 0 Å². The molecule has 0 spiro atoms. The molecule has 0 atom stereocenters. The van der Waals surface area contributed by atoms with Crippen LogP contribution in [0.15, 0.2) is 48.5 Å². The van der Waals surface area contributed by atoms with Gasteiger partial charge in [-0.05, 0) is 48.5 Å². The Morgan fingerprint density at radius 3 is 2.87 bits per heavy atom. The average Bonchev–Trinajstić information content (AvgIpc) is 2.97. The predicted octanol–water partition coefficient (Wildman–Crippen LogP) is 4.39. The first-order valence-corrected chi connectivity index (χ1v) is 8.95. The molecule has 0 aliphatic rings. The van der Waals surface area contributed by atoms with E-state index < -0.39 is 0 Å². The zero-order valence-corrected chi connectivity index (χ0v) is 14.6. The van der Waals surface area contributed by atoms with Gasteiger partial charge in [-0.25, -0.2) is 4.98 Å². The number of para-hydroxylation sites is 1. The maximum Gasteiger partial charge on any atom is 0.170 e. The van der Waals surface area contributed by atoms with Crippen molar-refractivity contribution in [2.24, 2.45) is 0 Å². The van der Waals surface area contributed by atoms with Gasteiger partial charge in [0.15, 0.2) is 5.11 Å². The van der Waals surface area contributed by atoms with E-state index in [1.54, 1.807) is 11.3 Å². The molecule has 1 heterocycles. The number of anilines is 1. The van der Waals surface area contributed by atoms with Gasteiger partial charge in [0, 0.05) is 18.7 Å². The van der Waals surface area contributed by atoms with Gasteiger partial charge in [0.25, 0.3) is 0 Å². The van der Waals surface area contributed by atoms with Gasteiger partial charge < -0.3 is 10.6 Å². The molecule has 0 aliphatic carbocycles. The van der Waals surface area contributed by atoms with Gasteiger partial charge in [-0.15, -0.1) is 11.3 Å². The monoisotopic (exact) mass is 341 g/mol. The number of hydrogen-bond donors (Lipinski definition) is 2. The van der Waals surface area contributed by atoms with E-state index in [9.17, 15) is 0 Å². The minimum Gasteiger partial charge on any atom is -0.362 e. The molecule has 0 unspecified atom stereocenters. The zero-order valence-electron chi connectivity index (χ0n) is 13.0. The highest BCUT2D eigenvalue weighted by Gasteiger charge is 2.03. The third-order valence-electron chi connectivity index (χ3n) is 3.56. The second kappa shape index (κ2) is 7.53. The van der Waals surface area contributed by atoms with E-state index in [2.05, 4.69) is 46.8 Å². The average molecular weight is 342 g/mol. The number of aromatic nitrogens is 1. The second-order valence-electron chi connectivity index (χ2n) is 5.26. The zero-order chi connectivity index (χ0) is 16.1. The van der Waals surface area contributed by atoms with E-state index in [0.29, 0.717) is 5.11 Å². The standard InChI is InChI=1S/C18H19N3S2/c1-2-13-6-5-7-14(12-13)20-18(22)19-11-10-17-21-15-8-3-4-9-16(15)23-17/h3-9,12H,2,10-11H2,1H3,(H2,19,20,22). The molecule has 23 heavy (non-hydrogen) atoms. The molecule has 0 fully saturated rings. The molecular weight excluding hydrogens is 322 g/mol. The number of thiazole rings is 1. The Morgan fingerprint density at radius 2 is 2.04 bits per heavy atom. The van der Waals surface area contributed by atoms with Crippen LogP contribution >= 0.6 is 23.6 Å². The number of nitrogens with one attached hydrogen (secondary N) is 2. The molecule has 3 rings (SSSR count). The molecule has 0 bridgehead atoms. The first-order chi connectivity index (χ1) is 11.2. The Hall–Kier alpha value is -1.98. The van der Waals surface area contributed by atoms with E-state index in [4.69, 9.17) is 12.2 Å². The fraction of sp³-hybridized carbons (Fsp3) is 0.222. The minimum absolute atomic E-state index is 0.652. The Bertz CT molecular complexity index is 778. The fourth-order valence-electron chi connectivity index (χ4n) is 2.35. The summed E-state index contributed by atoms with van der Waals surface area (Å²) < 4.78 is 1.24. The molecular formula is C18H19N3S2. The molecule has 2 aromatic carbocycles. The van der Waals surface area contributed by atoms with E-state index in [0.717, 1.165) is 35.6 Å². The quantitative estimate of drug-likeness (QED) is 0.675. The van der Waals surface area contributed by atoms with Crippen LogP contribution in [-0.2, 0) is 12.8 Å². The number of rotatable bonds is 5. The summed E-state index contributed by atoms with van der Waals surface area (Å²) in [6.45, 7) is 2.92. The maximum absolute atomic E-state index is 5.36. The van der Waals surface area contributed by atoms with Crippen LogP contribution in [0.4, 0.5) is 5.69 Å². The molecule has 0 aliphatic heterocycles. The molecule has 0 saturated heterocycles. The first kappa shape index (κ1) is 15.9. The second-order valence-corrected chi connectivity index (χ2v) is 6.78. The summed E-state index contributed by atoms with van der Waals surface area (Å²) in [5.41, 5.74) is 3.40. The molecule has 118 valence electrons. The lowest BCUT2D eigenvalue weighted by molar-refractivity contribution is 0.868. The molecule has 3 aromatic rings. The summed E-state index contributed by atoms with van der Waals surface area (Å²) in [6.07, 6.45) is 1.89. The Labute approximate surface area is 145 Å². The summed E-state index contributed by atoms with van der Waals surface area (Å²) in [7, 11) is 0. The maximum atomic E-state index is 5.36. The van der Waals surface area contributed by atoms with Gasteiger partial charge in [-0.3, -0.25) is 0 Å². The Morgan fingerprint density at radius 1 is 1.17 bits per heavy atom. The number of benzene rings is 2. The van der Waals surface area contributed by atoms with Gasteiger partial charge >= 0.3 is 0 Å². The normalized spacial score (nSPS) is 10.7. The van der Waals surface area contributed by atoms with Crippen molar-refractivity contribution in [3.63, 3.8) is 0 Å². The van der Waals surface area contributed by atoms with Crippen LogP contribution in [0.3, 0.4) is 0 Å². The first-order valence-electron chi connectivity index (χ1n) is 7.73. The van der Waals surface area contributed by atoms with Gasteiger partial charge in [0.05, 0.1) is 15.2 Å². The van der Waals surface area contributed by atoms with Crippen molar-refractivity contribution < 1.29 is 0 Å². The van der Waals surface area contributed by atoms with Crippen molar-refractivity contribution in [1.82, 2.24) is 10.3 Å². The van der Waals surface area contributed by atoms with Crippen molar-refractivity contribution in [3.8, 4) is 0 Å². The minimum atomic E-state index is 0.652. The fourth-order valence-corrected chi connectivity index (χ4v) is 3.54. The van der Waals surface area contributed by atoms with E-state index in [-0.39, 0.29) is 0 Å². The third-order valence-corrected chi connectivity index (χ3v) is 4.90. The van der Waals surface area contributed by atoms with Crippen molar-refractivity contribution in [2.75, 3.05) is 11.9 Å². The molecule has 0 radical (unpaired) electrons. The van der Waals surface area contributed by atoms with Crippen molar-refractivity contribution in [1.29, 1.82) is 0 Å². The molecule has 1 aromatic heterocycles. The van der Waals surface area contributed by atoms with Crippen LogP contribution in [0.2, 0.25) is 0 Å². The van der Waals surface area contributed by atoms with Gasteiger partial charge in [-0.1, -0.05) is 31.2 Å². The molecule has 0 amide bonds. The van der Waals surface area contributed by atoms with Crippen LogP contribution in [0, 0.1) is 0 Å². The van der Waals surface area contributed by atoms with Crippen molar-refractivity contribution in [3.05, 3.63) is 59.1 Å². The topological polar surface area (TPSA) is 37.0 Å². The Balaban J connectivity index is 1.50. The number of nitrogens with zero attached hydrogens (tertiary/aromatic N) is 1. The highest BCUT2D eigenvalue weighted by molar-refractivity contribution is 7.80. The highest BCUT2D eigenvalue weighted by atomic mass is 32.1. The largest absolute Gasteiger partial charge is 0.362 e. The smallest absolute Gasteiger partial charge is 0.170 e. The van der Waals surface area contributed by atoms with Gasteiger partial charge in [0.1, 0.15) is 0 Å². The van der Waals surface area contributed by atoms with Crippen molar-refractivity contribution >= 4 is 44.6 Å². The molecule has 2 N–H and O–H groups in total. The van der Waals surface area contributed by atoms with Gasteiger partial charge in [0.2, 0.25) is 0 Å². The lowest BCUT2D eigenvalue weighted by Gasteiger charge is -2.10. The summed E-state index contributed by atoms with van der Waals surface area (Å²) in [6, 6.07) is 16.5. The van der Waals surface area contributed by atoms with E-state index in [1.165, 1.54) is 10.3 Å². The lowest BCUT2D eigenvalue weighted by Crippen LogP contribution is -2.30. The number of thiocarbonyl (C=S) groups is 1. The molecule has 0 saturated carbocycles. The summed E-state index contributed by atoms with van der Waals surface area (Å²) >= 11 is 7.10. The third kappa shape index (κ3) is 4.27. The predicted molar refractivity (Wildman–Crippen MR) is 103 cm³/mol. The van der Waals surface area contributed by atoms with Crippen LogP contribution in [0.5, 0.6) is 0 Å². The number of fused-ring (bicyclic) bond motifs is 1. The highest BCUT2D eigenvalue weighted by Crippen LogP contribution is 2.21. The van der Waals surface area contributed by atoms with Gasteiger partial charge in [-0.2, -0.15) is 0 Å². The number of hydrogen-bond acceptors (Lipinski definition) is 3. The molecule has 5 heteroatoms. The number of aryl methyl sites for hydroxylation is 1. The molecule has 3 nitrogen and oxygen atoms in total. The van der Waals surface area contributed by atoms with Crippen LogP contribution in [0.1, 0.15) is 17.5 Å². The van der Waals surface area contributed by atoms with Crippen LogP contribution in [0.25, 0.3) is 10.2 Å². The lowest BCUT2D eigenvalue weighted by atomic mass is 10.1. The van der Waals surface area contributed by atoms with E-state index in [1.807, 2.05) is 24.3 Å². The summed E-state index contributed by atoms with van der Waals surface area (Å²) in [5.74, 6) is 0. The van der Waals surface area contributed by atoms with Crippen LogP contribution in [-0.4, -0.2) is 16.6 Å². The van der Waals surface area contributed by atoms with Crippen LogP contribution < -0.4 is 10.6 Å². The van der Waals surface area contributed by atoms with Crippen molar-refractivity contribution in [2.45, 2.75) is 19.8 Å².